The maximum absolute atomic E-state index is 12.1. The monoisotopic (exact) mass is 282 g/mol. The molecule has 0 heterocycles. The first kappa shape index (κ1) is 15.3. The van der Waals surface area contributed by atoms with Gasteiger partial charge >= 0.3 is 11.9 Å². The second kappa shape index (κ2) is 7.65. The summed E-state index contributed by atoms with van der Waals surface area (Å²) in [6, 6.07) is 0. The number of carbonyl (C=O) groups excluding carboxylic acids is 2. The van der Waals surface area contributed by atoms with E-state index in [9.17, 15) is 9.59 Å². The van der Waals surface area contributed by atoms with Gasteiger partial charge in [0.05, 0.1) is 18.4 Å². The Morgan fingerprint density at radius 3 is 2.20 bits per heavy atom. The van der Waals surface area contributed by atoms with E-state index in [1.165, 1.54) is 0 Å². The fraction of sp³-hybridized carbons (Fsp3) is 0.875. The van der Waals surface area contributed by atoms with Crippen molar-refractivity contribution in [1.82, 2.24) is 0 Å². The molecule has 2 saturated carbocycles. The van der Waals surface area contributed by atoms with E-state index in [2.05, 4.69) is 6.92 Å². The number of esters is 2. The minimum absolute atomic E-state index is 0.116. The summed E-state index contributed by atoms with van der Waals surface area (Å²) in [4.78, 5) is 24.3. The Balaban J connectivity index is 1.81. The molecule has 0 radical (unpaired) electrons. The third-order valence-electron chi connectivity index (χ3n) is 4.17. The molecule has 2 fully saturated rings. The topological polar surface area (TPSA) is 52.6 Å². The Hall–Kier alpha value is -1.06. The fourth-order valence-corrected chi connectivity index (χ4v) is 2.76. The van der Waals surface area contributed by atoms with Gasteiger partial charge in [-0.1, -0.05) is 32.6 Å². The van der Waals surface area contributed by atoms with Crippen LogP contribution in [-0.4, -0.2) is 24.6 Å². The summed E-state index contributed by atoms with van der Waals surface area (Å²) in [6.45, 7) is 2.60. The van der Waals surface area contributed by atoms with Crippen molar-refractivity contribution in [2.45, 2.75) is 70.8 Å². The zero-order chi connectivity index (χ0) is 14.4. The maximum atomic E-state index is 12.1. The molecule has 2 aliphatic rings. The molecule has 0 aromatic carbocycles. The molecule has 2 atom stereocenters. The molecular formula is C16H26O4. The summed E-state index contributed by atoms with van der Waals surface area (Å²) < 4.78 is 10.7. The summed E-state index contributed by atoms with van der Waals surface area (Å²) in [5, 5.41) is 0. The Morgan fingerprint density at radius 1 is 0.950 bits per heavy atom. The van der Waals surface area contributed by atoms with Crippen LogP contribution in [-0.2, 0) is 19.1 Å². The van der Waals surface area contributed by atoms with Gasteiger partial charge < -0.3 is 9.47 Å². The average Bonchev–Trinajstić information content (AvgIpc) is 3.27. The first-order chi connectivity index (χ1) is 9.72. The molecule has 2 unspecified atom stereocenters. The number of hydrogen-bond donors (Lipinski definition) is 0. The molecule has 0 N–H and O–H groups in total. The van der Waals surface area contributed by atoms with Crippen LogP contribution in [0, 0.1) is 11.8 Å². The molecule has 0 aromatic rings. The first-order valence-corrected chi connectivity index (χ1v) is 8.09. The lowest BCUT2D eigenvalue weighted by Crippen LogP contribution is -2.35. The Kier molecular flexibility index (Phi) is 5.86. The Bertz CT molecular complexity index is 335. The molecule has 4 nitrogen and oxygen atoms in total. The van der Waals surface area contributed by atoms with Gasteiger partial charge in [-0.15, -0.1) is 0 Å². The van der Waals surface area contributed by atoms with Crippen LogP contribution < -0.4 is 0 Å². The van der Waals surface area contributed by atoms with E-state index in [1.54, 1.807) is 0 Å². The van der Waals surface area contributed by atoms with E-state index in [0.717, 1.165) is 57.8 Å². The molecule has 0 bridgehead atoms. The fourth-order valence-electron chi connectivity index (χ4n) is 2.76. The second-order valence-electron chi connectivity index (χ2n) is 6.01. The predicted octanol–water partition coefficient (Wildman–Crippen LogP) is 3.23. The van der Waals surface area contributed by atoms with Gasteiger partial charge in [0, 0.05) is 0 Å². The molecule has 0 aliphatic heterocycles. The molecule has 114 valence electrons. The SMILES string of the molecule is CCCCCOC(=O)C1CCCCC1C(=O)OC1CC1. The van der Waals surface area contributed by atoms with Crippen LogP contribution in [0.1, 0.15) is 64.7 Å². The van der Waals surface area contributed by atoms with Gasteiger partial charge in [-0.3, -0.25) is 9.59 Å². The number of unbranched alkanes of at least 4 members (excludes halogenated alkanes) is 2. The summed E-state index contributed by atoms with van der Waals surface area (Å²) in [5.74, 6) is -0.930. The highest BCUT2D eigenvalue weighted by molar-refractivity contribution is 5.82. The third kappa shape index (κ3) is 4.50. The molecule has 4 heteroatoms. The van der Waals surface area contributed by atoms with Crippen molar-refractivity contribution in [1.29, 1.82) is 0 Å². The molecule has 2 rings (SSSR count). The van der Waals surface area contributed by atoms with Crippen molar-refractivity contribution in [2.75, 3.05) is 6.61 Å². The standard InChI is InChI=1S/C16H26O4/c1-2-3-6-11-19-15(17)13-7-4-5-8-14(13)16(18)20-12-9-10-12/h12-14H,2-11H2,1H3. The summed E-state index contributed by atoms with van der Waals surface area (Å²) >= 11 is 0. The maximum Gasteiger partial charge on any atom is 0.310 e. The predicted molar refractivity (Wildman–Crippen MR) is 75.0 cm³/mol. The van der Waals surface area contributed by atoms with Crippen LogP contribution >= 0.6 is 0 Å². The van der Waals surface area contributed by atoms with Crippen LogP contribution in [0.2, 0.25) is 0 Å². The highest BCUT2D eigenvalue weighted by Gasteiger charge is 2.39. The van der Waals surface area contributed by atoms with Gasteiger partial charge in [0.2, 0.25) is 0 Å². The van der Waals surface area contributed by atoms with Gasteiger partial charge in [0.15, 0.2) is 0 Å². The van der Waals surface area contributed by atoms with Crippen LogP contribution in [0.25, 0.3) is 0 Å². The van der Waals surface area contributed by atoms with E-state index in [-0.39, 0.29) is 29.9 Å². The van der Waals surface area contributed by atoms with Crippen LogP contribution in [0.15, 0.2) is 0 Å². The smallest absolute Gasteiger partial charge is 0.310 e. The normalized spacial score (nSPS) is 26.1. The highest BCUT2D eigenvalue weighted by Crippen LogP contribution is 2.34. The first-order valence-electron chi connectivity index (χ1n) is 8.09. The molecular weight excluding hydrogens is 256 g/mol. The van der Waals surface area contributed by atoms with Gasteiger partial charge in [0.1, 0.15) is 6.10 Å². The molecule has 0 amide bonds. The van der Waals surface area contributed by atoms with Gasteiger partial charge in [-0.2, -0.15) is 0 Å². The van der Waals surface area contributed by atoms with Crippen LogP contribution in [0.5, 0.6) is 0 Å². The number of ether oxygens (including phenoxy) is 2. The molecule has 0 spiro atoms. The van der Waals surface area contributed by atoms with Crippen molar-refractivity contribution in [3.63, 3.8) is 0 Å². The lowest BCUT2D eigenvalue weighted by atomic mass is 9.79. The van der Waals surface area contributed by atoms with Crippen molar-refractivity contribution in [3.05, 3.63) is 0 Å². The van der Waals surface area contributed by atoms with Gasteiger partial charge in [-0.05, 0) is 32.1 Å². The van der Waals surface area contributed by atoms with E-state index in [1.807, 2.05) is 0 Å². The Morgan fingerprint density at radius 2 is 1.60 bits per heavy atom. The lowest BCUT2D eigenvalue weighted by Gasteiger charge is -2.28. The summed E-state index contributed by atoms with van der Waals surface area (Å²) in [5.41, 5.74) is 0. The zero-order valence-corrected chi connectivity index (χ0v) is 12.4. The van der Waals surface area contributed by atoms with Crippen molar-refractivity contribution in [2.24, 2.45) is 11.8 Å². The highest BCUT2D eigenvalue weighted by atomic mass is 16.6. The van der Waals surface area contributed by atoms with Crippen molar-refractivity contribution < 1.29 is 19.1 Å². The molecule has 0 aromatic heterocycles. The van der Waals surface area contributed by atoms with E-state index >= 15 is 0 Å². The van der Waals surface area contributed by atoms with Crippen LogP contribution in [0.3, 0.4) is 0 Å². The summed E-state index contributed by atoms with van der Waals surface area (Å²) in [6.07, 6.45) is 8.69. The average molecular weight is 282 g/mol. The number of hydrogen-bond acceptors (Lipinski definition) is 4. The van der Waals surface area contributed by atoms with Crippen molar-refractivity contribution >= 4 is 11.9 Å². The molecule has 2 aliphatic carbocycles. The van der Waals surface area contributed by atoms with E-state index in [4.69, 9.17) is 9.47 Å². The minimum atomic E-state index is -0.281. The Labute approximate surface area is 121 Å². The third-order valence-corrected chi connectivity index (χ3v) is 4.17. The van der Waals surface area contributed by atoms with E-state index < -0.39 is 0 Å². The minimum Gasteiger partial charge on any atom is -0.465 e. The van der Waals surface area contributed by atoms with E-state index in [0.29, 0.717) is 6.61 Å². The van der Waals surface area contributed by atoms with Crippen molar-refractivity contribution in [3.8, 4) is 0 Å². The second-order valence-corrected chi connectivity index (χ2v) is 6.01. The quantitative estimate of drug-likeness (QED) is 0.531. The number of carbonyl (C=O) groups is 2. The lowest BCUT2D eigenvalue weighted by molar-refractivity contribution is -0.163. The molecule has 20 heavy (non-hydrogen) atoms. The number of rotatable bonds is 7. The van der Waals surface area contributed by atoms with Crippen LogP contribution in [0.4, 0.5) is 0 Å². The largest absolute Gasteiger partial charge is 0.465 e. The zero-order valence-electron chi connectivity index (χ0n) is 12.4. The van der Waals surface area contributed by atoms with Gasteiger partial charge in [-0.25, -0.2) is 0 Å². The summed E-state index contributed by atoms with van der Waals surface area (Å²) in [7, 11) is 0. The molecule has 0 saturated heterocycles. The van der Waals surface area contributed by atoms with Gasteiger partial charge in [0.25, 0.3) is 0 Å².